The van der Waals surface area contributed by atoms with Crippen LogP contribution in [0.4, 0.5) is 0 Å². The highest BCUT2D eigenvalue weighted by atomic mass is 32.2. The zero-order valence-corrected chi connectivity index (χ0v) is 13.1. The van der Waals surface area contributed by atoms with E-state index < -0.39 is 9.84 Å². The normalized spacial score (nSPS) is 11.5. The topological polar surface area (TPSA) is 63.6 Å². The van der Waals surface area contributed by atoms with Crippen LogP contribution in [0.25, 0.3) is 11.1 Å². The van der Waals surface area contributed by atoms with Crippen LogP contribution < -0.4 is 0 Å². The van der Waals surface area contributed by atoms with Crippen molar-refractivity contribution >= 4 is 9.84 Å². The summed E-state index contributed by atoms with van der Waals surface area (Å²) < 4.78 is 29.0. The SMILES string of the molecule is O=S(=O)(CCOCCO)Cc1ccc(-c2ccccc2)cc1. The van der Waals surface area contributed by atoms with Crippen LogP contribution in [-0.4, -0.2) is 39.1 Å². The van der Waals surface area contributed by atoms with Crippen molar-refractivity contribution in [1.82, 2.24) is 0 Å². The second kappa shape index (κ2) is 8.08. The van der Waals surface area contributed by atoms with E-state index >= 15 is 0 Å². The number of rotatable bonds is 8. The average molecular weight is 320 g/mol. The first kappa shape index (κ1) is 16.7. The lowest BCUT2D eigenvalue weighted by Crippen LogP contribution is -2.15. The van der Waals surface area contributed by atoms with E-state index in [-0.39, 0.29) is 31.3 Å². The molecule has 0 spiro atoms. The molecular formula is C17H20O4S. The first-order valence-electron chi connectivity index (χ1n) is 7.14. The fourth-order valence-electron chi connectivity index (χ4n) is 2.10. The van der Waals surface area contributed by atoms with Crippen molar-refractivity contribution < 1.29 is 18.3 Å². The Labute approximate surface area is 131 Å². The zero-order chi connectivity index (χ0) is 15.8. The summed E-state index contributed by atoms with van der Waals surface area (Å²) in [6.07, 6.45) is 0. The molecule has 2 aromatic carbocycles. The summed E-state index contributed by atoms with van der Waals surface area (Å²) in [4.78, 5) is 0. The Morgan fingerprint density at radius 2 is 1.50 bits per heavy atom. The van der Waals surface area contributed by atoms with E-state index in [4.69, 9.17) is 9.84 Å². The highest BCUT2D eigenvalue weighted by molar-refractivity contribution is 7.90. The van der Waals surface area contributed by atoms with Gasteiger partial charge in [0.2, 0.25) is 0 Å². The third-order valence-electron chi connectivity index (χ3n) is 3.22. The van der Waals surface area contributed by atoms with Gasteiger partial charge in [0, 0.05) is 0 Å². The minimum atomic E-state index is -3.20. The Morgan fingerprint density at radius 1 is 0.864 bits per heavy atom. The van der Waals surface area contributed by atoms with Gasteiger partial charge in [0.1, 0.15) is 0 Å². The summed E-state index contributed by atoms with van der Waals surface area (Å²) in [5, 5.41) is 8.58. The number of benzene rings is 2. The van der Waals surface area contributed by atoms with Crippen molar-refractivity contribution in [3.05, 3.63) is 60.2 Å². The van der Waals surface area contributed by atoms with Crippen molar-refractivity contribution in [2.24, 2.45) is 0 Å². The highest BCUT2D eigenvalue weighted by Gasteiger charge is 2.12. The van der Waals surface area contributed by atoms with Crippen LogP contribution in [0.2, 0.25) is 0 Å². The van der Waals surface area contributed by atoms with Gasteiger partial charge in [-0.3, -0.25) is 0 Å². The minimum Gasteiger partial charge on any atom is -0.394 e. The Bertz CT molecular complexity index is 664. The standard InChI is InChI=1S/C17H20O4S/c18-10-11-21-12-13-22(19,20)14-15-6-8-17(9-7-15)16-4-2-1-3-5-16/h1-9,18H,10-14H2. The summed E-state index contributed by atoms with van der Waals surface area (Å²) in [5.41, 5.74) is 2.93. The van der Waals surface area contributed by atoms with Crippen molar-refractivity contribution in [1.29, 1.82) is 0 Å². The molecule has 0 heterocycles. The highest BCUT2D eigenvalue weighted by Crippen LogP contribution is 2.20. The van der Waals surface area contributed by atoms with Gasteiger partial charge in [-0.2, -0.15) is 0 Å². The monoisotopic (exact) mass is 320 g/mol. The summed E-state index contributed by atoms with van der Waals surface area (Å²) in [7, 11) is -3.20. The van der Waals surface area contributed by atoms with Gasteiger partial charge in [0.15, 0.2) is 9.84 Å². The predicted molar refractivity (Wildman–Crippen MR) is 87.3 cm³/mol. The fraction of sp³-hybridized carbons (Fsp3) is 0.294. The van der Waals surface area contributed by atoms with E-state index in [0.717, 1.165) is 16.7 Å². The summed E-state index contributed by atoms with van der Waals surface area (Å²) in [6, 6.07) is 17.5. The molecule has 0 aromatic heterocycles. The van der Waals surface area contributed by atoms with Gasteiger partial charge in [-0.1, -0.05) is 54.6 Å². The Balaban J connectivity index is 1.96. The van der Waals surface area contributed by atoms with Crippen LogP contribution >= 0.6 is 0 Å². The molecule has 0 saturated heterocycles. The van der Waals surface area contributed by atoms with Gasteiger partial charge < -0.3 is 9.84 Å². The van der Waals surface area contributed by atoms with E-state index in [0.29, 0.717) is 0 Å². The van der Waals surface area contributed by atoms with Gasteiger partial charge in [0.25, 0.3) is 0 Å². The maximum Gasteiger partial charge on any atom is 0.156 e. The van der Waals surface area contributed by atoms with Crippen LogP contribution in [0.15, 0.2) is 54.6 Å². The maximum absolute atomic E-state index is 12.0. The molecule has 0 atom stereocenters. The van der Waals surface area contributed by atoms with Crippen molar-refractivity contribution in [3.8, 4) is 11.1 Å². The molecule has 1 N–H and O–H groups in total. The fourth-order valence-corrected chi connectivity index (χ4v) is 3.32. The molecule has 0 fully saturated rings. The summed E-state index contributed by atoms with van der Waals surface area (Å²) in [5.74, 6) is -0.0298. The molecule has 0 saturated carbocycles. The van der Waals surface area contributed by atoms with E-state index in [1.807, 2.05) is 54.6 Å². The lowest BCUT2D eigenvalue weighted by molar-refractivity contribution is 0.103. The van der Waals surface area contributed by atoms with Crippen LogP contribution in [0.5, 0.6) is 0 Å². The average Bonchev–Trinajstić information content (AvgIpc) is 2.53. The van der Waals surface area contributed by atoms with Crippen molar-refractivity contribution in [2.45, 2.75) is 5.75 Å². The number of ether oxygens (including phenoxy) is 1. The maximum atomic E-state index is 12.0. The molecule has 0 aliphatic rings. The van der Waals surface area contributed by atoms with Crippen LogP contribution in [0, 0.1) is 0 Å². The molecule has 0 unspecified atom stereocenters. The Kier molecular flexibility index (Phi) is 6.12. The Morgan fingerprint density at radius 3 is 2.14 bits per heavy atom. The van der Waals surface area contributed by atoms with E-state index in [1.165, 1.54) is 0 Å². The zero-order valence-electron chi connectivity index (χ0n) is 12.3. The first-order chi connectivity index (χ1) is 10.6. The van der Waals surface area contributed by atoms with Crippen LogP contribution in [-0.2, 0) is 20.3 Å². The van der Waals surface area contributed by atoms with Crippen LogP contribution in [0.3, 0.4) is 0 Å². The first-order valence-corrected chi connectivity index (χ1v) is 8.96. The second-order valence-corrected chi connectivity index (χ2v) is 7.18. The molecule has 0 radical (unpaired) electrons. The van der Waals surface area contributed by atoms with Gasteiger partial charge in [-0.15, -0.1) is 0 Å². The molecule has 5 heteroatoms. The molecule has 2 rings (SSSR count). The van der Waals surface area contributed by atoms with Crippen LogP contribution in [0.1, 0.15) is 5.56 Å². The van der Waals surface area contributed by atoms with Gasteiger partial charge >= 0.3 is 0 Å². The largest absolute Gasteiger partial charge is 0.394 e. The van der Waals surface area contributed by atoms with Gasteiger partial charge in [-0.05, 0) is 16.7 Å². The lowest BCUT2D eigenvalue weighted by Gasteiger charge is -2.07. The lowest BCUT2D eigenvalue weighted by atomic mass is 10.0. The van der Waals surface area contributed by atoms with Gasteiger partial charge in [0.05, 0.1) is 31.3 Å². The number of hydrogen-bond donors (Lipinski definition) is 1. The molecule has 0 aliphatic heterocycles. The molecule has 0 amide bonds. The second-order valence-electron chi connectivity index (χ2n) is 4.99. The molecule has 118 valence electrons. The molecule has 0 aliphatic carbocycles. The smallest absolute Gasteiger partial charge is 0.156 e. The molecule has 4 nitrogen and oxygen atoms in total. The molecular weight excluding hydrogens is 300 g/mol. The number of hydrogen-bond acceptors (Lipinski definition) is 4. The van der Waals surface area contributed by atoms with E-state index in [2.05, 4.69) is 0 Å². The molecule has 2 aromatic rings. The quantitative estimate of drug-likeness (QED) is 0.758. The van der Waals surface area contributed by atoms with Crippen molar-refractivity contribution in [3.63, 3.8) is 0 Å². The minimum absolute atomic E-state index is 0.00452. The summed E-state index contributed by atoms with van der Waals surface area (Å²) >= 11 is 0. The number of sulfone groups is 1. The van der Waals surface area contributed by atoms with E-state index in [9.17, 15) is 8.42 Å². The number of aliphatic hydroxyl groups excluding tert-OH is 1. The van der Waals surface area contributed by atoms with Gasteiger partial charge in [-0.25, -0.2) is 8.42 Å². The molecule has 22 heavy (non-hydrogen) atoms. The van der Waals surface area contributed by atoms with Crippen molar-refractivity contribution in [2.75, 3.05) is 25.6 Å². The number of aliphatic hydroxyl groups is 1. The summed E-state index contributed by atoms with van der Waals surface area (Å²) in [6.45, 7) is 0.188. The van der Waals surface area contributed by atoms with E-state index in [1.54, 1.807) is 0 Å². The third-order valence-corrected chi connectivity index (χ3v) is 4.78. The molecule has 0 bridgehead atoms. The predicted octanol–water partition coefficient (Wildman–Crippen LogP) is 2.28. The Hall–Kier alpha value is -1.69. The third kappa shape index (κ3) is 5.26.